The number of nitrogens with zero attached hydrogens (tertiary/aromatic N) is 1. The number of benzene rings is 2. The molecule has 2 aromatic carbocycles. The van der Waals surface area contributed by atoms with Gasteiger partial charge in [-0.05, 0) is 29.8 Å². The summed E-state index contributed by atoms with van der Waals surface area (Å²) in [7, 11) is 0. The van der Waals surface area contributed by atoms with Gasteiger partial charge in [-0.1, -0.05) is 23.4 Å². The number of oxime groups is 1. The summed E-state index contributed by atoms with van der Waals surface area (Å²) in [6.07, 6.45) is 1.46. The molecule has 6 nitrogen and oxygen atoms in total. The van der Waals surface area contributed by atoms with Crippen LogP contribution in [0.1, 0.15) is 15.9 Å². The van der Waals surface area contributed by atoms with E-state index in [9.17, 15) is 18.4 Å². The molecule has 136 valence electrons. The first-order chi connectivity index (χ1) is 12.5. The van der Waals surface area contributed by atoms with E-state index in [1.165, 1.54) is 6.21 Å². The molecular formula is C17H14ClF2N3O3. The second-order valence-corrected chi connectivity index (χ2v) is 5.26. The van der Waals surface area contributed by atoms with Gasteiger partial charge in [0.05, 0.1) is 12.1 Å². The Morgan fingerprint density at radius 3 is 2.38 bits per heavy atom. The van der Waals surface area contributed by atoms with Crippen LogP contribution in [0.2, 0.25) is 0 Å². The van der Waals surface area contributed by atoms with Crippen LogP contribution in [0, 0.1) is 11.6 Å². The fourth-order valence-electron chi connectivity index (χ4n) is 1.88. The second kappa shape index (κ2) is 9.47. The van der Waals surface area contributed by atoms with Crippen molar-refractivity contribution in [1.29, 1.82) is 0 Å². The maximum atomic E-state index is 13.5. The van der Waals surface area contributed by atoms with Gasteiger partial charge in [0.2, 0.25) is 0 Å². The average Bonchev–Trinajstić information content (AvgIpc) is 2.60. The fourth-order valence-corrected chi connectivity index (χ4v) is 1.95. The third-order valence-electron chi connectivity index (χ3n) is 3.03. The van der Waals surface area contributed by atoms with Crippen LogP contribution in [0.4, 0.5) is 19.3 Å². The van der Waals surface area contributed by atoms with Crippen LogP contribution in [0.3, 0.4) is 0 Å². The molecule has 9 heteroatoms. The van der Waals surface area contributed by atoms with E-state index >= 15 is 0 Å². The average molecular weight is 382 g/mol. The number of urea groups is 1. The summed E-state index contributed by atoms with van der Waals surface area (Å²) in [5, 5.41) is 7.92. The van der Waals surface area contributed by atoms with E-state index in [1.807, 2.05) is 5.32 Å². The second-order valence-electron chi connectivity index (χ2n) is 4.88. The number of rotatable bonds is 6. The SMILES string of the molecule is O=C(NC(=O)c1c(F)cccc1F)Nc1ccc(/C=N/OCCCl)cc1. The Hall–Kier alpha value is -3.00. The van der Waals surface area contributed by atoms with Crippen LogP contribution in [-0.2, 0) is 4.84 Å². The maximum Gasteiger partial charge on any atom is 0.326 e. The molecule has 3 amide bonds. The standard InChI is InChI=1S/C17H14ClF2N3O3/c18-8-9-26-21-10-11-4-6-12(7-5-11)22-17(25)23-16(24)15-13(19)2-1-3-14(15)20/h1-7,10H,8-9H2,(H2,22,23,24,25)/b21-10+. The van der Waals surface area contributed by atoms with Crippen molar-refractivity contribution in [1.82, 2.24) is 5.32 Å². The van der Waals surface area contributed by atoms with Gasteiger partial charge in [-0.15, -0.1) is 11.6 Å². The molecule has 0 saturated carbocycles. The Morgan fingerprint density at radius 2 is 1.77 bits per heavy atom. The summed E-state index contributed by atoms with van der Waals surface area (Å²) in [6, 6.07) is 8.42. The Labute approximate surface area is 152 Å². The van der Waals surface area contributed by atoms with Crippen LogP contribution in [0.15, 0.2) is 47.6 Å². The van der Waals surface area contributed by atoms with Gasteiger partial charge in [0.1, 0.15) is 23.8 Å². The molecule has 0 aliphatic heterocycles. The first-order valence-electron chi connectivity index (χ1n) is 7.39. The van der Waals surface area contributed by atoms with Gasteiger partial charge in [0.25, 0.3) is 5.91 Å². The predicted octanol–water partition coefficient (Wildman–Crippen LogP) is 3.52. The summed E-state index contributed by atoms with van der Waals surface area (Å²) >= 11 is 5.43. The summed E-state index contributed by atoms with van der Waals surface area (Å²) in [6.45, 7) is 0.286. The molecule has 2 aromatic rings. The third kappa shape index (κ3) is 5.52. The van der Waals surface area contributed by atoms with Crippen LogP contribution in [0.5, 0.6) is 0 Å². The summed E-state index contributed by atoms with van der Waals surface area (Å²) in [5.74, 6) is -2.98. The molecule has 0 heterocycles. The van der Waals surface area contributed by atoms with Crippen LogP contribution >= 0.6 is 11.6 Å². The number of nitrogens with one attached hydrogen (secondary N) is 2. The molecule has 0 fully saturated rings. The molecule has 0 aromatic heterocycles. The lowest BCUT2D eigenvalue weighted by Gasteiger charge is -2.08. The smallest absolute Gasteiger partial charge is 0.326 e. The van der Waals surface area contributed by atoms with E-state index in [4.69, 9.17) is 16.4 Å². The van der Waals surface area contributed by atoms with Gasteiger partial charge in [-0.25, -0.2) is 13.6 Å². The highest BCUT2D eigenvalue weighted by atomic mass is 35.5. The zero-order valence-electron chi connectivity index (χ0n) is 13.3. The number of imide groups is 1. The Kier molecular flexibility index (Phi) is 7.04. The minimum absolute atomic E-state index is 0.286. The first-order valence-corrected chi connectivity index (χ1v) is 7.92. The molecule has 0 radical (unpaired) electrons. The van der Waals surface area contributed by atoms with Crippen LogP contribution in [-0.4, -0.2) is 30.6 Å². The molecule has 0 unspecified atom stereocenters. The molecule has 0 atom stereocenters. The number of anilines is 1. The Bertz CT molecular complexity index is 793. The third-order valence-corrected chi connectivity index (χ3v) is 3.18. The quantitative estimate of drug-likeness (QED) is 0.348. The Balaban J connectivity index is 1.93. The lowest BCUT2D eigenvalue weighted by Crippen LogP contribution is -2.35. The molecule has 0 spiro atoms. The fraction of sp³-hybridized carbons (Fsp3) is 0.118. The van der Waals surface area contributed by atoms with Gasteiger partial charge < -0.3 is 10.2 Å². The first kappa shape index (κ1) is 19.3. The maximum absolute atomic E-state index is 13.5. The number of hydrogen-bond acceptors (Lipinski definition) is 4. The largest absolute Gasteiger partial charge is 0.395 e. The van der Waals surface area contributed by atoms with E-state index < -0.39 is 29.1 Å². The van der Waals surface area contributed by atoms with E-state index in [1.54, 1.807) is 24.3 Å². The summed E-state index contributed by atoms with van der Waals surface area (Å²) in [4.78, 5) is 28.5. The highest BCUT2D eigenvalue weighted by molar-refractivity contribution is 6.18. The van der Waals surface area contributed by atoms with Crippen molar-refractivity contribution in [2.75, 3.05) is 17.8 Å². The van der Waals surface area contributed by atoms with Crippen LogP contribution in [0.25, 0.3) is 0 Å². The highest BCUT2D eigenvalue weighted by Crippen LogP contribution is 2.12. The summed E-state index contributed by atoms with van der Waals surface area (Å²) < 4.78 is 27.0. The summed E-state index contributed by atoms with van der Waals surface area (Å²) in [5.41, 5.74) is 0.240. The minimum atomic E-state index is -1.18. The number of halogens is 3. The number of amides is 3. The number of alkyl halides is 1. The van der Waals surface area contributed by atoms with Crippen molar-refractivity contribution in [3.05, 3.63) is 65.2 Å². The number of carbonyl (C=O) groups excluding carboxylic acids is 2. The molecule has 0 bridgehead atoms. The van der Waals surface area contributed by atoms with E-state index in [0.717, 1.165) is 18.2 Å². The predicted molar refractivity (Wildman–Crippen MR) is 93.6 cm³/mol. The van der Waals surface area contributed by atoms with Crippen molar-refractivity contribution in [2.24, 2.45) is 5.16 Å². The van der Waals surface area contributed by atoms with Gasteiger partial charge >= 0.3 is 6.03 Å². The van der Waals surface area contributed by atoms with Crippen molar-refractivity contribution in [2.45, 2.75) is 0 Å². The molecule has 2 rings (SSSR count). The highest BCUT2D eigenvalue weighted by Gasteiger charge is 2.19. The molecular weight excluding hydrogens is 368 g/mol. The van der Waals surface area contributed by atoms with Gasteiger partial charge in [-0.2, -0.15) is 0 Å². The zero-order chi connectivity index (χ0) is 18.9. The monoisotopic (exact) mass is 381 g/mol. The van der Waals surface area contributed by atoms with Gasteiger partial charge in [0, 0.05) is 5.69 Å². The molecule has 0 aliphatic carbocycles. The number of hydrogen-bond donors (Lipinski definition) is 2. The van der Waals surface area contributed by atoms with Gasteiger partial charge in [0.15, 0.2) is 0 Å². The molecule has 0 saturated heterocycles. The number of carbonyl (C=O) groups is 2. The Morgan fingerprint density at radius 1 is 1.12 bits per heavy atom. The van der Waals surface area contributed by atoms with Crippen molar-refractivity contribution >= 4 is 35.4 Å². The molecule has 26 heavy (non-hydrogen) atoms. The van der Waals surface area contributed by atoms with Crippen molar-refractivity contribution < 1.29 is 23.2 Å². The lowest BCUT2D eigenvalue weighted by atomic mass is 10.2. The zero-order valence-corrected chi connectivity index (χ0v) is 14.1. The van der Waals surface area contributed by atoms with Crippen LogP contribution < -0.4 is 10.6 Å². The van der Waals surface area contributed by atoms with Crippen molar-refractivity contribution in [3.63, 3.8) is 0 Å². The normalized spacial score (nSPS) is 10.6. The van der Waals surface area contributed by atoms with E-state index in [2.05, 4.69) is 10.5 Å². The molecule has 2 N–H and O–H groups in total. The minimum Gasteiger partial charge on any atom is -0.395 e. The lowest BCUT2D eigenvalue weighted by molar-refractivity contribution is 0.0959. The van der Waals surface area contributed by atoms with E-state index in [-0.39, 0.29) is 6.61 Å². The van der Waals surface area contributed by atoms with Crippen molar-refractivity contribution in [3.8, 4) is 0 Å². The molecule has 0 aliphatic rings. The topological polar surface area (TPSA) is 79.8 Å². The van der Waals surface area contributed by atoms with Gasteiger partial charge in [-0.3, -0.25) is 10.1 Å². The van der Waals surface area contributed by atoms with E-state index in [0.29, 0.717) is 17.1 Å².